The third-order valence-corrected chi connectivity index (χ3v) is 8.48. The molecule has 1 amide bonds. The van der Waals surface area contributed by atoms with Gasteiger partial charge in [-0.05, 0) is 43.9 Å². The Bertz CT molecular complexity index is 1080. The number of hydrogen-bond donors (Lipinski definition) is 0. The Morgan fingerprint density at radius 1 is 1.19 bits per heavy atom. The summed E-state index contributed by atoms with van der Waals surface area (Å²) in [6.07, 6.45) is 1.84. The number of piperazine rings is 1. The van der Waals surface area contributed by atoms with Crippen LogP contribution in [0.4, 0.5) is 0 Å². The first-order chi connectivity index (χ1) is 15.2. The van der Waals surface area contributed by atoms with Gasteiger partial charge in [0.1, 0.15) is 4.90 Å². The standard InChI is InChI=1S/C22H29ClN4O4S/c1-16-4-3-7-27(14-16)32(29,30)21-13-18(5-6-20(21)23)22(28)26-10-8-25(9-11-26)15-19-12-17(2)24-31-19/h5-6,12-13,16H,3-4,7-11,14-15H2,1-2H3. The van der Waals surface area contributed by atoms with Gasteiger partial charge < -0.3 is 9.42 Å². The summed E-state index contributed by atoms with van der Waals surface area (Å²) in [6, 6.07) is 6.46. The number of sulfonamides is 1. The van der Waals surface area contributed by atoms with Crippen LogP contribution < -0.4 is 0 Å². The van der Waals surface area contributed by atoms with E-state index in [1.165, 1.54) is 16.4 Å². The predicted octanol–water partition coefficient (Wildman–Crippen LogP) is 3.02. The Balaban J connectivity index is 1.44. The van der Waals surface area contributed by atoms with E-state index in [0.29, 0.717) is 57.3 Å². The molecule has 2 aliphatic heterocycles. The van der Waals surface area contributed by atoms with E-state index in [-0.39, 0.29) is 15.8 Å². The van der Waals surface area contributed by atoms with Crippen LogP contribution in [0.1, 0.15) is 41.6 Å². The van der Waals surface area contributed by atoms with Crippen molar-refractivity contribution in [3.63, 3.8) is 0 Å². The van der Waals surface area contributed by atoms with Crippen LogP contribution >= 0.6 is 11.6 Å². The van der Waals surface area contributed by atoms with Crippen molar-refractivity contribution < 1.29 is 17.7 Å². The second kappa shape index (κ2) is 9.51. The first-order valence-electron chi connectivity index (χ1n) is 11.0. The second-order valence-corrected chi connectivity index (χ2v) is 11.1. The number of rotatable bonds is 5. The van der Waals surface area contributed by atoms with Gasteiger partial charge >= 0.3 is 0 Å². The molecule has 0 saturated carbocycles. The van der Waals surface area contributed by atoms with Gasteiger partial charge in [0, 0.05) is 50.9 Å². The lowest BCUT2D eigenvalue weighted by molar-refractivity contribution is 0.0617. The molecule has 1 aromatic carbocycles. The van der Waals surface area contributed by atoms with E-state index in [4.69, 9.17) is 16.1 Å². The Kier molecular flexibility index (Phi) is 6.90. The van der Waals surface area contributed by atoms with Gasteiger partial charge in [-0.25, -0.2) is 8.42 Å². The number of nitrogens with zero attached hydrogens (tertiary/aromatic N) is 4. The molecule has 2 saturated heterocycles. The number of carbonyl (C=O) groups is 1. The fourth-order valence-corrected chi connectivity index (χ4v) is 6.44. The fourth-order valence-electron chi connectivity index (χ4n) is 4.34. The highest BCUT2D eigenvalue weighted by atomic mass is 35.5. The zero-order chi connectivity index (χ0) is 22.9. The summed E-state index contributed by atoms with van der Waals surface area (Å²) in [4.78, 5) is 17.1. The number of piperidine rings is 1. The predicted molar refractivity (Wildman–Crippen MR) is 121 cm³/mol. The van der Waals surface area contributed by atoms with Gasteiger partial charge in [0.2, 0.25) is 10.0 Å². The molecule has 1 atom stereocenters. The number of aryl methyl sites for hydroxylation is 1. The van der Waals surface area contributed by atoms with Gasteiger partial charge in [-0.2, -0.15) is 4.31 Å². The molecule has 0 spiro atoms. The van der Waals surface area contributed by atoms with Crippen molar-refractivity contribution in [2.45, 2.75) is 38.1 Å². The van der Waals surface area contributed by atoms with Gasteiger partial charge in [0.15, 0.2) is 5.76 Å². The number of halogens is 1. The number of benzene rings is 1. The number of hydrogen-bond acceptors (Lipinski definition) is 6. The van der Waals surface area contributed by atoms with Gasteiger partial charge in [-0.1, -0.05) is 23.7 Å². The lowest BCUT2D eigenvalue weighted by Gasteiger charge is -2.34. The van der Waals surface area contributed by atoms with Crippen LogP contribution in [0, 0.1) is 12.8 Å². The minimum atomic E-state index is -3.75. The van der Waals surface area contributed by atoms with Gasteiger partial charge in [0.05, 0.1) is 17.3 Å². The van der Waals surface area contributed by atoms with Crippen LogP contribution in [0.2, 0.25) is 5.02 Å². The first-order valence-corrected chi connectivity index (χ1v) is 12.8. The summed E-state index contributed by atoms with van der Waals surface area (Å²) in [5, 5.41) is 4.05. The highest BCUT2D eigenvalue weighted by molar-refractivity contribution is 7.89. The van der Waals surface area contributed by atoms with E-state index in [2.05, 4.69) is 10.1 Å². The molecule has 2 aliphatic rings. The number of carbonyl (C=O) groups excluding carboxylic acids is 1. The summed E-state index contributed by atoms with van der Waals surface area (Å²) in [5.74, 6) is 0.932. The molecule has 3 heterocycles. The Hall–Kier alpha value is -1.94. The van der Waals surface area contributed by atoms with Crippen molar-refractivity contribution in [2.75, 3.05) is 39.3 Å². The smallest absolute Gasteiger partial charge is 0.253 e. The number of amides is 1. The van der Waals surface area contributed by atoms with E-state index in [1.54, 1.807) is 11.0 Å². The molecule has 2 fully saturated rings. The van der Waals surface area contributed by atoms with Crippen LogP contribution in [0.5, 0.6) is 0 Å². The molecular formula is C22H29ClN4O4S. The molecule has 0 bridgehead atoms. The lowest BCUT2D eigenvalue weighted by Crippen LogP contribution is -2.48. The van der Waals surface area contributed by atoms with Gasteiger partial charge in [0.25, 0.3) is 5.91 Å². The highest BCUT2D eigenvalue weighted by Crippen LogP contribution is 2.29. The van der Waals surface area contributed by atoms with Crippen LogP contribution in [0.3, 0.4) is 0 Å². The Morgan fingerprint density at radius 2 is 1.94 bits per heavy atom. The molecule has 10 heteroatoms. The molecule has 174 valence electrons. The molecule has 32 heavy (non-hydrogen) atoms. The van der Waals surface area contributed by atoms with E-state index >= 15 is 0 Å². The molecule has 1 aromatic heterocycles. The van der Waals surface area contributed by atoms with Crippen molar-refractivity contribution in [1.82, 2.24) is 19.3 Å². The Labute approximate surface area is 194 Å². The minimum Gasteiger partial charge on any atom is -0.360 e. The summed E-state index contributed by atoms with van der Waals surface area (Å²) < 4.78 is 33.2. The largest absolute Gasteiger partial charge is 0.360 e. The maximum Gasteiger partial charge on any atom is 0.253 e. The maximum atomic E-state index is 13.2. The first kappa shape index (κ1) is 23.2. The van der Waals surface area contributed by atoms with Gasteiger partial charge in [-0.3, -0.25) is 9.69 Å². The quantitative estimate of drug-likeness (QED) is 0.653. The third-order valence-electron chi connectivity index (χ3n) is 6.13. The average Bonchev–Trinajstić information content (AvgIpc) is 3.18. The fraction of sp³-hybridized carbons (Fsp3) is 0.545. The summed E-state index contributed by atoms with van der Waals surface area (Å²) in [6.45, 7) is 8.06. The van der Waals surface area contributed by atoms with Crippen LogP contribution in [0.25, 0.3) is 0 Å². The third kappa shape index (κ3) is 5.01. The highest BCUT2D eigenvalue weighted by Gasteiger charge is 2.31. The molecule has 0 N–H and O–H groups in total. The molecule has 2 aromatic rings. The monoisotopic (exact) mass is 480 g/mol. The van der Waals surface area contributed by atoms with E-state index in [1.807, 2.05) is 19.9 Å². The van der Waals surface area contributed by atoms with Crippen LogP contribution in [-0.2, 0) is 16.6 Å². The second-order valence-electron chi connectivity index (χ2n) is 8.76. The lowest BCUT2D eigenvalue weighted by atomic mass is 10.0. The zero-order valence-electron chi connectivity index (χ0n) is 18.5. The van der Waals surface area contributed by atoms with Crippen molar-refractivity contribution in [3.05, 3.63) is 46.3 Å². The van der Waals surface area contributed by atoms with Crippen molar-refractivity contribution >= 4 is 27.5 Å². The van der Waals surface area contributed by atoms with Crippen molar-refractivity contribution in [1.29, 1.82) is 0 Å². The molecular weight excluding hydrogens is 452 g/mol. The van der Waals surface area contributed by atoms with E-state index < -0.39 is 10.0 Å². The Morgan fingerprint density at radius 3 is 2.59 bits per heavy atom. The molecule has 1 unspecified atom stereocenters. The maximum absolute atomic E-state index is 13.2. The molecule has 4 rings (SSSR count). The summed E-state index contributed by atoms with van der Waals surface area (Å²) in [7, 11) is -3.75. The zero-order valence-corrected chi connectivity index (χ0v) is 20.0. The topological polar surface area (TPSA) is 87.0 Å². The van der Waals surface area contributed by atoms with E-state index in [0.717, 1.165) is 24.3 Å². The number of aromatic nitrogens is 1. The van der Waals surface area contributed by atoms with Crippen molar-refractivity contribution in [3.8, 4) is 0 Å². The average molecular weight is 481 g/mol. The molecule has 0 radical (unpaired) electrons. The van der Waals surface area contributed by atoms with Crippen molar-refractivity contribution in [2.24, 2.45) is 5.92 Å². The minimum absolute atomic E-state index is 0.0124. The van der Waals surface area contributed by atoms with Gasteiger partial charge in [-0.15, -0.1) is 0 Å². The van der Waals surface area contributed by atoms with Crippen LogP contribution in [-0.4, -0.2) is 72.9 Å². The SMILES string of the molecule is Cc1cc(CN2CCN(C(=O)c3ccc(Cl)c(S(=O)(=O)N4CCCC(C)C4)c3)CC2)on1. The molecule has 0 aliphatic carbocycles. The van der Waals surface area contributed by atoms with Crippen LogP contribution in [0.15, 0.2) is 33.7 Å². The summed E-state index contributed by atoms with van der Waals surface area (Å²) >= 11 is 6.27. The summed E-state index contributed by atoms with van der Waals surface area (Å²) in [5.41, 5.74) is 1.19. The normalized spacial score (nSPS) is 21.1. The molecule has 8 nitrogen and oxygen atoms in total. The van der Waals surface area contributed by atoms with E-state index in [9.17, 15) is 13.2 Å².